The van der Waals surface area contributed by atoms with Crippen LogP contribution in [0.2, 0.25) is 0 Å². The Bertz CT molecular complexity index is 1080. The van der Waals surface area contributed by atoms with Gasteiger partial charge in [-0.05, 0) is 64.7 Å². The summed E-state index contributed by atoms with van der Waals surface area (Å²) >= 11 is 0. The first kappa shape index (κ1) is 21.6. The Kier molecular flexibility index (Phi) is 6.13. The fourth-order valence-electron chi connectivity index (χ4n) is 4.58. The van der Waals surface area contributed by atoms with Gasteiger partial charge in [0.25, 0.3) is 0 Å². The standard InChI is InChI=1S/C24H29FN6O2/c1-17(2)13-21(30-11-9-29(10-12-30)20-6-4-19(25)5-7-20)24-26-27-28-31(24)15-18-3-8-22-23(14-18)33-16-32-22/h3-8,14,17,21H,9-13,15-16H2,1-2H3. The number of rotatable bonds is 7. The van der Waals surface area contributed by atoms with Crippen LogP contribution in [-0.4, -0.2) is 58.1 Å². The Balaban J connectivity index is 1.32. The molecule has 8 nitrogen and oxygen atoms in total. The number of hydrogen-bond donors (Lipinski definition) is 0. The van der Waals surface area contributed by atoms with Crippen LogP contribution in [0, 0.1) is 11.7 Å². The summed E-state index contributed by atoms with van der Waals surface area (Å²) in [4.78, 5) is 4.78. The van der Waals surface area contributed by atoms with Crippen LogP contribution in [0.3, 0.4) is 0 Å². The molecule has 9 heteroatoms. The lowest BCUT2D eigenvalue weighted by molar-refractivity contribution is 0.153. The predicted octanol–water partition coefficient (Wildman–Crippen LogP) is 3.50. The third-order valence-electron chi connectivity index (χ3n) is 6.27. The van der Waals surface area contributed by atoms with E-state index in [2.05, 4.69) is 39.2 Å². The van der Waals surface area contributed by atoms with E-state index in [4.69, 9.17) is 9.47 Å². The van der Waals surface area contributed by atoms with Crippen molar-refractivity contribution in [2.24, 2.45) is 5.92 Å². The topological polar surface area (TPSA) is 68.5 Å². The van der Waals surface area contributed by atoms with E-state index >= 15 is 0 Å². The summed E-state index contributed by atoms with van der Waals surface area (Å²) in [6.07, 6.45) is 0.970. The van der Waals surface area contributed by atoms with Crippen LogP contribution < -0.4 is 14.4 Å². The molecular weight excluding hydrogens is 423 g/mol. The molecule has 0 N–H and O–H groups in total. The van der Waals surface area contributed by atoms with Crippen LogP contribution in [0.25, 0.3) is 0 Å². The summed E-state index contributed by atoms with van der Waals surface area (Å²) in [5, 5.41) is 12.8. The number of nitrogens with zero attached hydrogens (tertiary/aromatic N) is 6. The molecule has 0 saturated carbocycles. The van der Waals surface area contributed by atoms with E-state index in [1.807, 2.05) is 35.0 Å². The molecule has 0 radical (unpaired) electrons. The van der Waals surface area contributed by atoms with Gasteiger partial charge in [-0.15, -0.1) is 5.10 Å². The van der Waals surface area contributed by atoms with Gasteiger partial charge in [0.05, 0.1) is 12.6 Å². The Morgan fingerprint density at radius 3 is 2.48 bits per heavy atom. The van der Waals surface area contributed by atoms with Crippen molar-refractivity contribution >= 4 is 5.69 Å². The second kappa shape index (κ2) is 9.35. The van der Waals surface area contributed by atoms with Gasteiger partial charge >= 0.3 is 0 Å². The first-order valence-electron chi connectivity index (χ1n) is 11.5. The maximum atomic E-state index is 13.3. The van der Waals surface area contributed by atoms with Gasteiger partial charge in [-0.25, -0.2) is 9.07 Å². The largest absolute Gasteiger partial charge is 0.454 e. The molecular formula is C24H29FN6O2. The Hall–Kier alpha value is -3.20. The van der Waals surface area contributed by atoms with Crippen LogP contribution in [0.1, 0.15) is 37.7 Å². The number of benzene rings is 2. The monoisotopic (exact) mass is 452 g/mol. The van der Waals surface area contributed by atoms with Crippen molar-refractivity contribution in [1.29, 1.82) is 0 Å². The lowest BCUT2D eigenvalue weighted by Crippen LogP contribution is -2.48. The minimum absolute atomic E-state index is 0.129. The summed E-state index contributed by atoms with van der Waals surface area (Å²) in [5.41, 5.74) is 2.13. The Labute approximate surface area is 192 Å². The first-order valence-corrected chi connectivity index (χ1v) is 11.5. The van der Waals surface area contributed by atoms with Crippen molar-refractivity contribution in [1.82, 2.24) is 25.1 Å². The molecule has 0 aliphatic carbocycles. The second-order valence-corrected chi connectivity index (χ2v) is 9.03. The minimum Gasteiger partial charge on any atom is -0.454 e. The average Bonchev–Trinajstić information content (AvgIpc) is 3.47. The lowest BCUT2D eigenvalue weighted by Gasteiger charge is -2.40. The quantitative estimate of drug-likeness (QED) is 0.544. The van der Waals surface area contributed by atoms with Crippen molar-refractivity contribution in [2.75, 3.05) is 37.9 Å². The summed E-state index contributed by atoms with van der Waals surface area (Å²) in [5.74, 6) is 2.71. The van der Waals surface area contributed by atoms with E-state index in [0.29, 0.717) is 12.5 Å². The highest BCUT2D eigenvalue weighted by Gasteiger charge is 2.30. The number of anilines is 1. The molecule has 1 aromatic heterocycles. The van der Waals surface area contributed by atoms with Crippen LogP contribution in [0.15, 0.2) is 42.5 Å². The molecule has 174 valence electrons. The highest BCUT2D eigenvalue weighted by molar-refractivity contribution is 5.47. The number of halogens is 1. The third kappa shape index (κ3) is 4.78. The fraction of sp³-hybridized carbons (Fsp3) is 0.458. The zero-order valence-electron chi connectivity index (χ0n) is 19.0. The molecule has 0 spiro atoms. The van der Waals surface area contributed by atoms with Gasteiger partial charge in [-0.3, -0.25) is 4.90 Å². The zero-order chi connectivity index (χ0) is 22.8. The minimum atomic E-state index is -0.205. The third-order valence-corrected chi connectivity index (χ3v) is 6.27. The summed E-state index contributed by atoms with van der Waals surface area (Å²) in [6.45, 7) is 8.84. The van der Waals surface area contributed by atoms with Gasteiger partial charge in [0.2, 0.25) is 6.79 Å². The van der Waals surface area contributed by atoms with Crippen LogP contribution >= 0.6 is 0 Å². The van der Waals surface area contributed by atoms with E-state index in [-0.39, 0.29) is 18.7 Å². The van der Waals surface area contributed by atoms with Gasteiger partial charge < -0.3 is 14.4 Å². The summed E-state index contributed by atoms with van der Waals surface area (Å²) in [6, 6.07) is 12.8. The molecule has 1 fully saturated rings. The van der Waals surface area contributed by atoms with Crippen molar-refractivity contribution in [3.8, 4) is 11.5 Å². The number of hydrogen-bond acceptors (Lipinski definition) is 7. The highest BCUT2D eigenvalue weighted by atomic mass is 19.1. The first-order chi connectivity index (χ1) is 16.1. The molecule has 2 aliphatic rings. The molecule has 1 saturated heterocycles. The van der Waals surface area contributed by atoms with Crippen molar-refractivity contribution in [3.63, 3.8) is 0 Å². The van der Waals surface area contributed by atoms with E-state index in [1.165, 1.54) is 12.1 Å². The number of fused-ring (bicyclic) bond motifs is 1. The molecule has 3 heterocycles. The normalized spacial score (nSPS) is 17.0. The summed E-state index contributed by atoms with van der Waals surface area (Å²) < 4.78 is 26.1. The van der Waals surface area contributed by atoms with Gasteiger partial charge in [0.1, 0.15) is 5.82 Å². The molecule has 1 atom stereocenters. The Morgan fingerprint density at radius 1 is 0.970 bits per heavy atom. The van der Waals surface area contributed by atoms with E-state index in [9.17, 15) is 4.39 Å². The zero-order valence-corrected chi connectivity index (χ0v) is 19.0. The maximum Gasteiger partial charge on any atom is 0.231 e. The molecule has 5 rings (SSSR count). The van der Waals surface area contributed by atoms with Crippen molar-refractivity contribution in [3.05, 3.63) is 59.7 Å². The van der Waals surface area contributed by atoms with Crippen molar-refractivity contribution in [2.45, 2.75) is 32.9 Å². The summed E-state index contributed by atoms with van der Waals surface area (Å²) in [7, 11) is 0. The SMILES string of the molecule is CC(C)CC(c1nnnn1Cc1ccc2c(c1)OCO2)N1CCN(c2ccc(F)cc2)CC1. The molecule has 3 aromatic rings. The van der Waals surface area contributed by atoms with E-state index < -0.39 is 0 Å². The van der Waals surface area contributed by atoms with E-state index in [1.54, 1.807) is 0 Å². The highest BCUT2D eigenvalue weighted by Crippen LogP contribution is 2.33. The number of aromatic nitrogens is 4. The maximum absolute atomic E-state index is 13.3. The van der Waals surface area contributed by atoms with Gasteiger partial charge in [-0.2, -0.15) is 0 Å². The van der Waals surface area contributed by atoms with Gasteiger partial charge in [-0.1, -0.05) is 19.9 Å². The predicted molar refractivity (Wildman–Crippen MR) is 122 cm³/mol. The number of piperazine rings is 1. The lowest BCUT2D eigenvalue weighted by atomic mass is 10.0. The molecule has 0 amide bonds. The smallest absolute Gasteiger partial charge is 0.231 e. The molecule has 1 unspecified atom stereocenters. The van der Waals surface area contributed by atoms with Crippen LogP contribution in [0.4, 0.5) is 10.1 Å². The second-order valence-electron chi connectivity index (χ2n) is 9.03. The molecule has 0 bridgehead atoms. The molecule has 2 aliphatic heterocycles. The average molecular weight is 453 g/mol. The van der Waals surface area contributed by atoms with Crippen LogP contribution in [-0.2, 0) is 6.54 Å². The van der Waals surface area contributed by atoms with E-state index in [0.717, 1.165) is 61.2 Å². The fourth-order valence-corrected chi connectivity index (χ4v) is 4.58. The number of ether oxygens (including phenoxy) is 2. The van der Waals surface area contributed by atoms with Gasteiger partial charge in [0, 0.05) is 31.9 Å². The number of tetrazole rings is 1. The molecule has 2 aromatic carbocycles. The Morgan fingerprint density at radius 2 is 1.73 bits per heavy atom. The van der Waals surface area contributed by atoms with Crippen molar-refractivity contribution < 1.29 is 13.9 Å². The van der Waals surface area contributed by atoms with Gasteiger partial charge in [0.15, 0.2) is 17.3 Å². The van der Waals surface area contributed by atoms with Crippen LogP contribution in [0.5, 0.6) is 11.5 Å². The molecule has 33 heavy (non-hydrogen) atoms.